The first-order chi connectivity index (χ1) is 22.6. The highest BCUT2D eigenvalue weighted by Crippen LogP contribution is 2.47. The Morgan fingerprint density at radius 1 is 0.872 bits per heavy atom. The molecule has 2 heterocycles. The van der Waals surface area contributed by atoms with Gasteiger partial charge in [-0.3, -0.25) is 24.1 Å². The highest BCUT2D eigenvalue weighted by atomic mass is 16.3. The molecule has 3 aromatic carbocycles. The monoisotopic (exact) mass is 629 g/mol. The van der Waals surface area contributed by atoms with Gasteiger partial charge in [0.15, 0.2) is 0 Å². The summed E-state index contributed by atoms with van der Waals surface area (Å²) >= 11 is 0. The van der Waals surface area contributed by atoms with Crippen LogP contribution in [0.15, 0.2) is 83.5 Å². The van der Waals surface area contributed by atoms with Crippen molar-refractivity contribution in [3.05, 3.63) is 124 Å². The van der Waals surface area contributed by atoms with Gasteiger partial charge in [0.05, 0.1) is 23.9 Å². The van der Waals surface area contributed by atoms with Crippen LogP contribution in [0.5, 0.6) is 0 Å². The van der Waals surface area contributed by atoms with Gasteiger partial charge in [0.2, 0.25) is 11.8 Å². The smallest absolute Gasteiger partial charge is 0.262 e. The van der Waals surface area contributed by atoms with Gasteiger partial charge in [-0.05, 0) is 111 Å². The van der Waals surface area contributed by atoms with Crippen LogP contribution in [-0.2, 0) is 29.0 Å². The van der Waals surface area contributed by atoms with Gasteiger partial charge in [0.25, 0.3) is 11.8 Å². The Balaban J connectivity index is 1.29. The predicted octanol–water partition coefficient (Wildman–Crippen LogP) is 6.42. The third kappa shape index (κ3) is 5.45. The van der Waals surface area contributed by atoms with E-state index >= 15 is 0 Å². The molecule has 8 heteroatoms. The molecule has 1 saturated carbocycles. The van der Waals surface area contributed by atoms with Gasteiger partial charge in [0, 0.05) is 5.69 Å². The average molecular weight is 630 g/mol. The number of carbonyl (C=O) groups excluding carboxylic acids is 4. The summed E-state index contributed by atoms with van der Waals surface area (Å²) in [5.41, 5.74) is 5.67. The number of aryl methyl sites for hydroxylation is 3. The van der Waals surface area contributed by atoms with E-state index in [9.17, 15) is 19.2 Å². The number of hydrogen-bond donors (Lipinski definition) is 1. The fraction of sp³-hybridized carbons (Fsp3) is 0.333. The van der Waals surface area contributed by atoms with E-state index in [1.165, 1.54) is 11.1 Å². The first-order valence-corrected chi connectivity index (χ1v) is 16.4. The zero-order chi connectivity index (χ0) is 32.9. The van der Waals surface area contributed by atoms with Crippen molar-refractivity contribution in [3.63, 3.8) is 0 Å². The summed E-state index contributed by atoms with van der Waals surface area (Å²) < 4.78 is 5.74. The maximum absolute atomic E-state index is 14.9. The van der Waals surface area contributed by atoms with E-state index in [1.54, 1.807) is 47.6 Å². The second-order valence-corrected chi connectivity index (χ2v) is 13.5. The van der Waals surface area contributed by atoms with Crippen LogP contribution in [0, 0.1) is 32.6 Å². The summed E-state index contributed by atoms with van der Waals surface area (Å²) in [4.78, 5) is 58.9. The molecular weight excluding hydrogens is 590 g/mol. The van der Waals surface area contributed by atoms with Crippen LogP contribution in [0.25, 0.3) is 0 Å². The number of benzene rings is 3. The molecular formula is C39H39N3O5. The van der Waals surface area contributed by atoms with E-state index < -0.39 is 29.8 Å². The van der Waals surface area contributed by atoms with E-state index in [0.29, 0.717) is 24.5 Å². The van der Waals surface area contributed by atoms with Gasteiger partial charge in [0.1, 0.15) is 17.8 Å². The molecule has 0 radical (unpaired) electrons. The molecule has 8 nitrogen and oxygen atoms in total. The molecule has 4 aromatic rings. The van der Waals surface area contributed by atoms with Crippen molar-refractivity contribution in [1.29, 1.82) is 0 Å². The first kappa shape index (κ1) is 30.7. The lowest BCUT2D eigenvalue weighted by molar-refractivity contribution is -0.151. The van der Waals surface area contributed by atoms with Gasteiger partial charge in [-0.1, -0.05) is 54.1 Å². The molecule has 1 N–H and O–H groups in total. The molecule has 4 amide bonds. The minimum absolute atomic E-state index is 0.0300. The molecule has 1 fully saturated rings. The van der Waals surface area contributed by atoms with Gasteiger partial charge in [-0.25, -0.2) is 0 Å². The summed E-state index contributed by atoms with van der Waals surface area (Å²) in [7, 11) is 0. The van der Waals surface area contributed by atoms with Crippen LogP contribution in [0.3, 0.4) is 0 Å². The molecule has 1 aliphatic heterocycles. The Morgan fingerprint density at radius 3 is 2.11 bits per heavy atom. The standard InChI is InChI=1S/C39H39N3O5/c1-24-17-25(2)35(26(3)18-24)40-38(46)39(15-14-29-19-27-9-4-5-10-28(27)20-30(29)21-39)42(22-31-11-8-16-47-31)34(43)23-41-36(44)32-12-6-7-13-33(32)37(41)45/h4-13,16-18,29-30H,14-15,19-23H2,1-3H3,(H,40,46)/t29-,30+,39+/m1/s1. The average Bonchev–Trinajstić information content (AvgIpc) is 3.66. The Morgan fingerprint density at radius 2 is 1.49 bits per heavy atom. The van der Waals surface area contributed by atoms with Crippen LogP contribution in [-0.4, -0.2) is 45.5 Å². The Labute approximate surface area is 274 Å². The van der Waals surface area contributed by atoms with Crippen LogP contribution >= 0.6 is 0 Å². The second-order valence-electron chi connectivity index (χ2n) is 13.5. The fourth-order valence-electron chi connectivity index (χ4n) is 8.21. The molecule has 3 atom stereocenters. The summed E-state index contributed by atoms with van der Waals surface area (Å²) in [5, 5.41) is 3.26. The third-order valence-corrected chi connectivity index (χ3v) is 10.5. The van der Waals surface area contributed by atoms with E-state index in [-0.39, 0.29) is 29.5 Å². The quantitative estimate of drug-likeness (QED) is 0.238. The van der Waals surface area contributed by atoms with Crippen LogP contribution in [0.4, 0.5) is 5.69 Å². The molecule has 3 aliphatic rings. The second kappa shape index (κ2) is 12.0. The van der Waals surface area contributed by atoms with Gasteiger partial charge in [-0.15, -0.1) is 0 Å². The Kier molecular flexibility index (Phi) is 7.82. The number of anilines is 1. The largest absolute Gasteiger partial charge is 0.467 e. The number of imide groups is 1. The number of carbonyl (C=O) groups is 4. The van der Waals surface area contributed by atoms with Crippen LogP contribution in [0.1, 0.15) is 73.6 Å². The highest BCUT2D eigenvalue weighted by molar-refractivity contribution is 6.22. The minimum Gasteiger partial charge on any atom is -0.467 e. The van der Waals surface area contributed by atoms with Gasteiger partial charge < -0.3 is 14.6 Å². The summed E-state index contributed by atoms with van der Waals surface area (Å²) in [6, 6.07) is 22.7. The molecule has 0 saturated heterocycles. The molecule has 7 rings (SSSR count). The van der Waals surface area contributed by atoms with E-state index in [4.69, 9.17) is 4.42 Å². The number of furan rings is 1. The van der Waals surface area contributed by atoms with Crippen LogP contribution < -0.4 is 5.32 Å². The topological polar surface area (TPSA) is 99.9 Å². The third-order valence-electron chi connectivity index (χ3n) is 10.5. The van der Waals surface area contributed by atoms with Gasteiger partial charge in [-0.2, -0.15) is 0 Å². The Hall–Kier alpha value is -4.98. The lowest BCUT2D eigenvalue weighted by Crippen LogP contribution is -2.63. The number of hydrogen-bond acceptors (Lipinski definition) is 5. The van der Waals surface area contributed by atoms with Crippen molar-refractivity contribution in [2.24, 2.45) is 11.8 Å². The number of nitrogens with one attached hydrogen (secondary N) is 1. The lowest BCUT2D eigenvalue weighted by Gasteiger charge is -2.51. The highest BCUT2D eigenvalue weighted by Gasteiger charge is 2.53. The van der Waals surface area contributed by atoms with E-state index in [1.807, 2.05) is 32.9 Å². The van der Waals surface area contributed by atoms with Crippen molar-refractivity contribution < 1.29 is 23.6 Å². The van der Waals surface area contributed by atoms with E-state index in [0.717, 1.165) is 46.5 Å². The zero-order valence-electron chi connectivity index (χ0n) is 27.0. The molecule has 0 bridgehead atoms. The number of amides is 4. The first-order valence-electron chi connectivity index (χ1n) is 16.4. The number of rotatable bonds is 7. The number of fused-ring (bicyclic) bond motifs is 3. The molecule has 240 valence electrons. The normalized spacial score (nSPS) is 21.6. The Bertz CT molecular complexity index is 1840. The SMILES string of the molecule is Cc1cc(C)c(NC(=O)[C@]2(N(Cc3ccco3)C(=O)CN3C(=O)c4ccccc4C3=O)CC[C@@H]3Cc4ccccc4C[C@H]3C2)c(C)c1. The molecule has 0 spiro atoms. The maximum atomic E-state index is 14.9. The van der Waals surface area contributed by atoms with Crippen molar-refractivity contribution in [2.45, 2.75) is 65.0 Å². The van der Waals surface area contributed by atoms with E-state index in [2.05, 4.69) is 29.6 Å². The minimum atomic E-state index is -1.25. The van der Waals surface area contributed by atoms with Gasteiger partial charge >= 0.3 is 0 Å². The predicted molar refractivity (Wildman–Crippen MR) is 178 cm³/mol. The summed E-state index contributed by atoms with van der Waals surface area (Å²) in [6.45, 7) is 5.54. The molecule has 2 aliphatic carbocycles. The number of nitrogens with zero attached hydrogens (tertiary/aromatic N) is 2. The molecule has 0 unspecified atom stereocenters. The lowest BCUT2D eigenvalue weighted by atomic mass is 9.62. The molecule has 1 aromatic heterocycles. The summed E-state index contributed by atoms with van der Waals surface area (Å²) in [6.07, 6.45) is 4.96. The molecule has 47 heavy (non-hydrogen) atoms. The fourth-order valence-corrected chi connectivity index (χ4v) is 8.21. The van der Waals surface area contributed by atoms with Crippen molar-refractivity contribution in [2.75, 3.05) is 11.9 Å². The van der Waals surface area contributed by atoms with Crippen molar-refractivity contribution in [1.82, 2.24) is 9.80 Å². The zero-order valence-corrected chi connectivity index (χ0v) is 27.0. The summed E-state index contributed by atoms with van der Waals surface area (Å²) in [5.74, 6) is -0.680. The van der Waals surface area contributed by atoms with Crippen molar-refractivity contribution >= 4 is 29.3 Å². The van der Waals surface area contributed by atoms with Crippen LogP contribution in [0.2, 0.25) is 0 Å². The van der Waals surface area contributed by atoms with Crippen molar-refractivity contribution in [3.8, 4) is 0 Å². The maximum Gasteiger partial charge on any atom is 0.262 e.